The van der Waals surface area contributed by atoms with E-state index in [-0.39, 0.29) is 28.3 Å². The van der Waals surface area contributed by atoms with Gasteiger partial charge in [0, 0.05) is 45.8 Å². The van der Waals surface area contributed by atoms with Gasteiger partial charge in [0.15, 0.2) is 28.9 Å². The van der Waals surface area contributed by atoms with Gasteiger partial charge in [-0.25, -0.2) is 9.37 Å². The van der Waals surface area contributed by atoms with Crippen molar-refractivity contribution < 1.29 is 28.2 Å². The Hall–Kier alpha value is -4.41. The van der Waals surface area contributed by atoms with Gasteiger partial charge in [-0.3, -0.25) is 14.4 Å². The first-order valence-corrected chi connectivity index (χ1v) is 12.5. The molecule has 1 aliphatic rings. The number of amides is 1. The van der Waals surface area contributed by atoms with E-state index in [0.29, 0.717) is 55.5 Å². The first kappa shape index (κ1) is 27.6. The molecule has 206 valence electrons. The molecule has 1 fully saturated rings. The number of hydrogen-bond donors (Lipinski definition) is 0. The highest BCUT2D eigenvalue weighted by molar-refractivity contribution is 6.08. The number of hydrogen-bond acceptors (Lipinski definition) is 8. The smallest absolute Gasteiger partial charge is 0.219 e. The number of piperazine rings is 1. The van der Waals surface area contributed by atoms with Crippen molar-refractivity contribution in [1.82, 2.24) is 14.5 Å². The van der Waals surface area contributed by atoms with Gasteiger partial charge in [-0.05, 0) is 36.8 Å². The molecule has 1 aliphatic heterocycles. The summed E-state index contributed by atoms with van der Waals surface area (Å²) in [5, 5.41) is 0.0208. The van der Waals surface area contributed by atoms with Gasteiger partial charge in [0.05, 0.1) is 32.3 Å². The number of allylic oxidation sites excluding steroid dienone is 1. The lowest BCUT2D eigenvalue weighted by molar-refractivity contribution is -0.129. The molecule has 3 aromatic rings. The number of anilines is 1. The predicted octanol–water partition coefficient (Wildman–Crippen LogP) is 3.15. The zero-order valence-corrected chi connectivity index (χ0v) is 22.6. The van der Waals surface area contributed by atoms with Crippen molar-refractivity contribution in [2.24, 2.45) is 0 Å². The van der Waals surface area contributed by atoms with Crippen LogP contribution in [0, 0.1) is 5.82 Å². The summed E-state index contributed by atoms with van der Waals surface area (Å²) >= 11 is 0. The van der Waals surface area contributed by atoms with Crippen molar-refractivity contribution in [2.75, 3.05) is 52.4 Å². The van der Waals surface area contributed by atoms with E-state index in [2.05, 4.69) is 4.98 Å². The average Bonchev–Trinajstić information content (AvgIpc) is 2.95. The van der Waals surface area contributed by atoms with Crippen molar-refractivity contribution in [3.63, 3.8) is 0 Å². The molecule has 39 heavy (non-hydrogen) atoms. The van der Waals surface area contributed by atoms with Gasteiger partial charge in [0.25, 0.3) is 0 Å². The number of halogens is 1. The Labute approximate surface area is 225 Å². The summed E-state index contributed by atoms with van der Waals surface area (Å²) in [6.07, 6.45) is 4.26. The van der Waals surface area contributed by atoms with E-state index >= 15 is 4.39 Å². The minimum atomic E-state index is -0.656. The van der Waals surface area contributed by atoms with E-state index in [1.165, 1.54) is 46.6 Å². The van der Waals surface area contributed by atoms with Crippen LogP contribution in [0.4, 0.5) is 10.2 Å². The van der Waals surface area contributed by atoms with E-state index in [1.54, 1.807) is 26.5 Å². The van der Waals surface area contributed by atoms with Crippen LogP contribution in [-0.2, 0) is 11.3 Å². The van der Waals surface area contributed by atoms with Crippen molar-refractivity contribution in [3.05, 3.63) is 57.6 Å². The molecule has 0 radical (unpaired) electrons. The predicted molar refractivity (Wildman–Crippen MR) is 146 cm³/mol. The number of nitrogens with zero attached hydrogens (tertiary/aromatic N) is 4. The highest BCUT2D eigenvalue weighted by atomic mass is 19.1. The Morgan fingerprint density at radius 3 is 2.21 bits per heavy atom. The minimum absolute atomic E-state index is 0.0208. The minimum Gasteiger partial charge on any atom is -0.493 e. The van der Waals surface area contributed by atoms with E-state index in [1.807, 2.05) is 6.92 Å². The summed E-state index contributed by atoms with van der Waals surface area (Å²) in [4.78, 5) is 46.0. The molecule has 1 saturated heterocycles. The van der Waals surface area contributed by atoms with Gasteiger partial charge in [0.1, 0.15) is 5.65 Å². The lowest BCUT2D eigenvalue weighted by Gasteiger charge is -2.35. The normalized spacial score (nSPS) is 13.7. The topological polar surface area (TPSA) is 103 Å². The second-order valence-electron chi connectivity index (χ2n) is 8.97. The third-order valence-electron chi connectivity index (χ3n) is 6.73. The van der Waals surface area contributed by atoms with E-state index < -0.39 is 17.0 Å². The Morgan fingerprint density at radius 1 is 1.03 bits per heavy atom. The largest absolute Gasteiger partial charge is 0.493 e. The summed E-state index contributed by atoms with van der Waals surface area (Å²) in [7, 11) is 4.47. The van der Waals surface area contributed by atoms with Crippen LogP contribution in [0.1, 0.15) is 29.8 Å². The standard InChI is InChI=1S/C28H31FN4O6/c1-6-31-16-20(22(35)8-7-18-13-23(37-3)26(39-5)24(14-18)38-4)25(36)19-15-21(29)28(30-27(19)31)33-11-9-32(10-12-33)17(2)34/h7-8,13-16H,6,9-12H2,1-5H3. The third kappa shape index (κ3) is 5.43. The van der Waals surface area contributed by atoms with Gasteiger partial charge in [-0.1, -0.05) is 6.08 Å². The number of pyridine rings is 2. The molecular weight excluding hydrogens is 507 g/mol. The molecular formula is C28H31FN4O6. The fraction of sp³-hybridized carbons (Fsp3) is 0.357. The van der Waals surface area contributed by atoms with Crippen LogP contribution in [0.5, 0.6) is 17.2 Å². The molecule has 1 aromatic carbocycles. The molecule has 0 saturated carbocycles. The maximum Gasteiger partial charge on any atom is 0.219 e. The summed E-state index contributed by atoms with van der Waals surface area (Å²) in [6, 6.07) is 4.49. The molecule has 2 aromatic heterocycles. The van der Waals surface area contributed by atoms with Crippen LogP contribution >= 0.6 is 0 Å². The van der Waals surface area contributed by atoms with Crippen molar-refractivity contribution in [1.29, 1.82) is 0 Å². The Bertz CT molecular complexity index is 1480. The van der Waals surface area contributed by atoms with Crippen LogP contribution in [0.3, 0.4) is 0 Å². The second kappa shape index (κ2) is 11.5. The van der Waals surface area contributed by atoms with Gasteiger partial charge < -0.3 is 28.6 Å². The molecule has 3 heterocycles. The highest BCUT2D eigenvalue weighted by Crippen LogP contribution is 2.38. The Kier molecular flexibility index (Phi) is 8.18. The lowest BCUT2D eigenvalue weighted by Crippen LogP contribution is -2.48. The fourth-order valence-corrected chi connectivity index (χ4v) is 4.61. The molecule has 11 heteroatoms. The number of carbonyl (C=O) groups excluding carboxylic acids is 2. The average molecular weight is 539 g/mol. The zero-order chi connectivity index (χ0) is 28.3. The number of aromatic nitrogens is 2. The van der Waals surface area contributed by atoms with Gasteiger partial charge in [-0.15, -0.1) is 0 Å². The quantitative estimate of drug-likeness (QED) is 0.318. The van der Waals surface area contributed by atoms with Crippen LogP contribution in [-0.4, -0.2) is 73.6 Å². The van der Waals surface area contributed by atoms with Crippen LogP contribution in [0.15, 0.2) is 35.3 Å². The number of ether oxygens (including phenoxy) is 3. The SMILES string of the molecule is CCn1cc(C(=O)C=Cc2cc(OC)c(OC)c(OC)c2)c(=O)c2cc(F)c(N3CCN(C(C)=O)CC3)nc21. The number of methoxy groups -OCH3 is 3. The molecule has 10 nitrogen and oxygen atoms in total. The molecule has 0 unspecified atom stereocenters. The lowest BCUT2D eigenvalue weighted by atomic mass is 10.1. The van der Waals surface area contributed by atoms with Gasteiger partial charge in [-0.2, -0.15) is 0 Å². The Balaban J connectivity index is 1.69. The number of aryl methyl sites for hydroxylation is 1. The van der Waals surface area contributed by atoms with Gasteiger partial charge in [0.2, 0.25) is 17.1 Å². The van der Waals surface area contributed by atoms with Crippen LogP contribution < -0.4 is 24.5 Å². The van der Waals surface area contributed by atoms with Crippen molar-refractivity contribution >= 4 is 34.6 Å². The summed E-state index contributed by atoms with van der Waals surface area (Å²) in [5.74, 6) is 0.148. The number of rotatable bonds is 8. The third-order valence-corrected chi connectivity index (χ3v) is 6.73. The molecule has 1 amide bonds. The van der Waals surface area contributed by atoms with Crippen LogP contribution in [0.25, 0.3) is 17.1 Å². The molecule has 0 aliphatic carbocycles. The monoisotopic (exact) mass is 538 g/mol. The van der Waals surface area contributed by atoms with Crippen molar-refractivity contribution in [2.45, 2.75) is 20.4 Å². The van der Waals surface area contributed by atoms with E-state index in [0.717, 1.165) is 6.07 Å². The maximum absolute atomic E-state index is 15.2. The molecule has 0 atom stereocenters. The number of carbonyl (C=O) groups is 2. The molecule has 0 N–H and O–H groups in total. The molecule has 4 rings (SSSR count). The van der Waals surface area contributed by atoms with E-state index in [9.17, 15) is 14.4 Å². The molecule has 0 bridgehead atoms. The first-order valence-electron chi connectivity index (χ1n) is 12.5. The first-order chi connectivity index (χ1) is 18.7. The second-order valence-corrected chi connectivity index (χ2v) is 8.97. The summed E-state index contributed by atoms with van der Waals surface area (Å²) < 4.78 is 32.9. The maximum atomic E-state index is 15.2. The fourth-order valence-electron chi connectivity index (χ4n) is 4.61. The summed E-state index contributed by atoms with van der Waals surface area (Å²) in [5.41, 5.74) is 0.181. The van der Waals surface area contributed by atoms with Gasteiger partial charge >= 0.3 is 0 Å². The zero-order valence-electron chi connectivity index (χ0n) is 22.6. The highest BCUT2D eigenvalue weighted by Gasteiger charge is 2.24. The van der Waals surface area contributed by atoms with E-state index in [4.69, 9.17) is 14.2 Å². The number of fused-ring (bicyclic) bond motifs is 1. The number of ketones is 1. The van der Waals surface area contributed by atoms with Crippen LogP contribution in [0.2, 0.25) is 0 Å². The molecule has 0 spiro atoms. The van der Waals surface area contributed by atoms with Crippen molar-refractivity contribution in [3.8, 4) is 17.2 Å². The summed E-state index contributed by atoms with van der Waals surface area (Å²) in [6.45, 7) is 5.52. The number of benzene rings is 1. The Morgan fingerprint density at radius 2 is 1.67 bits per heavy atom.